The van der Waals surface area contributed by atoms with Crippen molar-refractivity contribution in [3.63, 3.8) is 0 Å². The van der Waals surface area contributed by atoms with Gasteiger partial charge in [-0.1, -0.05) is 12.8 Å². The fourth-order valence-corrected chi connectivity index (χ4v) is 4.86. The molecule has 0 heterocycles. The Labute approximate surface area is 162 Å². The zero-order chi connectivity index (χ0) is 19.2. The lowest BCUT2D eigenvalue weighted by atomic mass is 9.80. The Morgan fingerprint density at radius 3 is 2.77 bits per heavy atom. The predicted octanol–water partition coefficient (Wildman–Crippen LogP) is 4.89. The number of carbonyl (C=O) groups is 1. The molecule has 2 atom stereocenters. The lowest BCUT2D eigenvalue weighted by molar-refractivity contribution is -0.274. The van der Waals surface area contributed by atoms with Gasteiger partial charge in [-0.15, -0.1) is 24.9 Å². The molecule has 1 amide bonds. The van der Waals surface area contributed by atoms with Crippen LogP contribution in [0.4, 0.5) is 13.2 Å². The second-order valence-electron chi connectivity index (χ2n) is 5.98. The maximum atomic E-state index is 12.3. The van der Waals surface area contributed by atoms with Gasteiger partial charge in [0.2, 0.25) is 5.91 Å². The van der Waals surface area contributed by atoms with E-state index in [4.69, 9.17) is 5.26 Å². The summed E-state index contributed by atoms with van der Waals surface area (Å²) in [6.07, 6.45) is -0.974. The molecule has 9 heteroatoms. The number of rotatable bonds is 6. The normalized spacial score (nSPS) is 20.3. The molecule has 4 nitrogen and oxygen atoms in total. The third-order valence-corrected chi connectivity index (χ3v) is 6.36. The van der Waals surface area contributed by atoms with Gasteiger partial charge in [-0.3, -0.25) is 4.79 Å². The fourth-order valence-electron chi connectivity index (χ4n) is 3.00. The molecule has 1 N–H and O–H groups in total. The van der Waals surface area contributed by atoms with E-state index in [1.165, 1.54) is 23.9 Å². The van der Waals surface area contributed by atoms with Gasteiger partial charge in [0.25, 0.3) is 0 Å². The first kappa shape index (κ1) is 20.9. The zero-order valence-electron chi connectivity index (χ0n) is 13.8. The Hall–Kier alpha value is -1.40. The minimum absolute atomic E-state index is 0.00140. The molecule has 0 spiro atoms. The first-order chi connectivity index (χ1) is 12.3. The van der Waals surface area contributed by atoms with Gasteiger partial charge in [-0.2, -0.15) is 5.26 Å². The molecule has 0 radical (unpaired) electrons. The monoisotopic (exact) mass is 450 g/mol. The molecule has 0 unspecified atom stereocenters. The third kappa shape index (κ3) is 6.40. The maximum Gasteiger partial charge on any atom is 0.573 e. The highest BCUT2D eigenvalue weighted by Crippen LogP contribution is 2.38. The molecular formula is C17H18BrF3N2O2S. The number of carbonyl (C=O) groups excluding carboxylic acids is 1. The molecule has 0 aromatic heterocycles. The summed E-state index contributed by atoms with van der Waals surface area (Å²) >= 11 is 4.77. The van der Waals surface area contributed by atoms with E-state index in [9.17, 15) is 18.0 Å². The molecule has 1 aromatic carbocycles. The van der Waals surface area contributed by atoms with Crippen LogP contribution in [-0.2, 0) is 4.79 Å². The van der Waals surface area contributed by atoms with E-state index >= 15 is 0 Å². The molecule has 1 aromatic rings. The average Bonchev–Trinajstić information content (AvgIpc) is 2.58. The number of amides is 1. The molecule has 1 fully saturated rings. The van der Waals surface area contributed by atoms with Gasteiger partial charge >= 0.3 is 6.36 Å². The summed E-state index contributed by atoms with van der Waals surface area (Å²) in [5, 5.41) is 11.2. The highest BCUT2D eigenvalue weighted by molar-refractivity contribution is 9.10. The third-order valence-electron chi connectivity index (χ3n) is 4.18. The summed E-state index contributed by atoms with van der Waals surface area (Å²) in [4.78, 5) is 13.0. The van der Waals surface area contributed by atoms with E-state index in [1.54, 1.807) is 6.07 Å². The van der Waals surface area contributed by atoms with Crippen molar-refractivity contribution in [3.8, 4) is 11.8 Å². The van der Waals surface area contributed by atoms with Crippen molar-refractivity contribution in [2.45, 2.75) is 36.9 Å². The van der Waals surface area contributed by atoms with Gasteiger partial charge in [-0.05, 0) is 52.9 Å². The number of hydrogen-bond donors (Lipinski definition) is 1. The first-order valence-electron chi connectivity index (χ1n) is 8.13. The number of hydrogen-bond acceptors (Lipinski definition) is 4. The molecule has 2 rings (SSSR count). The number of ether oxygens (including phenoxy) is 1. The number of nitrogens with one attached hydrogen (secondary N) is 1. The summed E-state index contributed by atoms with van der Waals surface area (Å²) in [5.41, 5.74) is 0. The Kier molecular flexibility index (Phi) is 7.65. The molecule has 0 saturated heterocycles. The van der Waals surface area contributed by atoms with Crippen LogP contribution in [0, 0.1) is 23.2 Å². The lowest BCUT2D eigenvalue weighted by Gasteiger charge is -2.30. The van der Waals surface area contributed by atoms with Gasteiger partial charge in [-0.25, -0.2) is 0 Å². The highest BCUT2D eigenvalue weighted by Gasteiger charge is 2.32. The first-order valence-corrected chi connectivity index (χ1v) is 9.91. The van der Waals surface area contributed by atoms with E-state index in [2.05, 4.69) is 26.0 Å². The van der Waals surface area contributed by atoms with E-state index in [0.717, 1.165) is 30.6 Å². The smallest absolute Gasteiger partial charge is 0.406 e. The largest absolute Gasteiger partial charge is 0.573 e. The summed E-state index contributed by atoms with van der Waals surface area (Å²) in [7, 11) is 0. The van der Waals surface area contributed by atoms with Crippen molar-refractivity contribution >= 4 is 33.6 Å². The minimum atomic E-state index is -4.72. The number of thioether (sulfide) groups is 1. The number of nitriles is 1. The lowest BCUT2D eigenvalue weighted by Crippen LogP contribution is -2.37. The zero-order valence-corrected chi connectivity index (χ0v) is 16.2. The van der Waals surface area contributed by atoms with E-state index in [1.807, 2.05) is 6.07 Å². The second kappa shape index (κ2) is 9.51. The van der Waals surface area contributed by atoms with Crippen LogP contribution in [0.1, 0.15) is 25.7 Å². The van der Waals surface area contributed by atoms with Crippen LogP contribution in [-0.4, -0.2) is 24.6 Å². The standard InChI is InChI=1S/C17H18BrF3N2O2S/c18-14-9-12(25-17(19,20)21)5-6-15(14)26-10-11-3-1-2-4-13(11)16(24)23-8-7-22/h5-6,9,11,13H,1-4,8,10H2,(H,23,24)/t11-,13+/m0/s1. The molecule has 0 bridgehead atoms. The van der Waals surface area contributed by atoms with Gasteiger partial charge in [0.15, 0.2) is 0 Å². The Morgan fingerprint density at radius 1 is 1.38 bits per heavy atom. The SMILES string of the molecule is N#CCNC(=O)[C@@H]1CCCC[C@H]1CSc1ccc(OC(F)(F)F)cc1Br. The molecule has 1 saturated carbocycles. The molecule has 1 aliphatic carbocycles. The molecule has 1 aliphatic rings. The average molecular weight is 451 g/mol. The highest BCUT2D eigenvalue weighted by atomic mass is 79.9. The van der Waals surface area contributed by atoms with Gasteiger partial charge < -0.3 is 10.1 Å². The van der Waals surface area contributed by atoms with Crippen molar-refractivity contribution in [1.82, 2.24) is 5.32 Å². The van der Waals surface area contributed by atoms with Crippen LogP contribution in [0.15, 0.2) is 27.6 Å². The van der Waals surface area contributed by atoms with Crippen molar-refractivity contribution in [3.05, 3.63) is 22.7 Å². The van der Waals surface area contributed by atoms with Crippen LogP contribution in [0.3, 0.4) is 0 Å². The Morgan fingerprint density at radius 2 is 2.12 bits per heavy atom. The van der Waals surface area contributed by atoms with E-state index in [0.29, 0.717) is 10.2 Å². The van der Waals surface area contributed by atoms with Crippen LogP contribution in [0.2, 0.25) is 0 Å². The number of halogens is 4. The summed E-state index contributed by atoms with van der Waals surface area (Å²) in [6, 6.07) is 6.04. The van der Waals surface area contributed by atoms with Crippen molar-refractivity contribution in [2.75, 3.05) is 12.3 Å². The van der Waals surface area contributed by atoms with Crippen LogP contribution in [0.25, 0.3) is 0 Å². The molecule has 142 valence electrons. The van der Waals surface area contributed by atoms with Crippen LogP contribution < -0.4 is 10.1 Å². The van der Waals surface area contributed by atoms with E-state index < -0.39 is 6.36 Å². The van der Waals surface area contributed by atoms with Gasteiger partial charge in [0.1, 0.15) is 12.3 Å². The topological polar surface area (TPSA) is 62.1 Å². The fraction of sp³-hybridized carbons (Fsp3) is 0.529. The maximum absolute atomic E-state index is 12.3. The summed E-state index contributed by atoms with van der Waals surface area (Å²) < 4.78 is 41.2. The predicted molar refractivity (Wildman–Crippen MR) is 95.6 cm³/mol. The molecule has 26 heavy (non-hydrogen) atoms. The van der Waals surface area contributed by atoms with Crippen molar-refractivity contribution in [2.24, 2.45) is 11.8 Å². The quantitative estimate of drug-likeness (QED) is 0.495. The minimum Gasteiger partial charge on any atom is -0.406 e. The number of alkyl halides is 3. The Bertz CT molecular complexity index is 679. The molecular weight excluding hydrogens is 433 g/mol. The van der Waals surface area contributed by atoms with Crippen molar-refractivity contribution in [1.29, 1.82) is 5.26 Å². The van der Waals surface area contributed by atoms with Gasteiger partial charge in [0.05, 0.1) is 6.07 Å². The van der Waals surface area contributed by atoms with Crippen LogP contribution in [0.5, 0.6) is 5.75 Å². The van der Waals surface area contributed by atoms with Gasteiger partial charge in [0, 0.05) is 21.0 Å². The second-order valence-corrected chi connectivity index (χ2v) is 7.89. The molecule has 0 aliphatic heterocycles. The van der Waals surface area contributed by atoms with Crippen molar-refractivity contribution < 1.29 is 22.7 Å². The number of nitrogens with zero attached hydrogens (tertiary/aromatic N) is 1. The van der Waals surface area contributed by atoms with Crippen LogP contribution >= 0.6 is 27.7 Å². The summed E-state index contributed by atoms with van der Waals surface area (Å²) in [5.74, 6) is 0.356. The Balaban J connectivity index is 1.97. The van der Waals surface area contributed by atoms with E-state index in [-0.39, 0.29) is 30.0 Å². The summed E-state index contributed by atoms with van der Waals surface area (Å²) in [6.45, 7) is 0.00140. The number of benzene rings is 1.